The van der Waals surface area contributed by atoms with Crippen molar-refractivity contribution in [3.05, 3.63) is 0 Å². The Kier molecular flexibility index (Phi) is 9.68. The number of esters is 1. The zero-order valence-corrected chi connectivity index (χ0v) is 13.4. The van der Waals surface area contributed by atoms with Gasteiger partial charge >= 0.3 is 5.97 Å². The second kappa shape index (κ2) is 10.1. The third kappa shape index (κ3) is 8.43. The van der Waals surface area contributed by atoms with Crippen LogP contribution in [0.25, 0.3) is 0 Å². The number of likely N-dealkylation sites (N-methyl/N-ethyl adjacent to an activating group) is 1. The molecule has 0 bridgehead atoms. The van der Waals surface area contributed by atoms with E-state index in [2.05, 4.69) is 9.46 Å². The monoisotopic (exact) mass is 311 g/mol. The van der Waals surface area contributed by atoms with Gasteiger partial charge in [-0.3, -0.25) is 4.79 Å². The summed E-state index contributed by atoms with van der Waals surface area (Å²) in [7, 11) is 2.62. The maximum atomic E-state index is 11.8. The number of methoxy groups -OCH3 is 2. The van der Waals surface area contributed by atoms with Crippen LogP contribution in [0.4, 0.5) is 0 Å². The third-order valence-corrected chi connectivity index (χ3v) is 4.30. The van der Waals surface area contributed by atoms with Crippen molar-refractivity contribution in [2.24, 2.45) is 0 Å². The number of hydrogen-bond donors (Lipinski definition) is 1. The molecule has 0 aromatic rings. The molecule has 0 spiro atoms. The molecule has 0 aliphatic heterocycles. The van der Waals surface area contributed by atoms with Gasteiger partial charge in [-0.25, -0.2) is 4.72 Å². The van der Waals surface area contributed by atoms with E-state index in [9.17, 15) is 13.2 Å². The maximum absolute atomic E-state index is 11.8. The topological polar surface area (TPSA) is 88.2 Å². The van der Waals surface area contributed by atoms with E-state index in [0.29, 0.717) is 19.7 Å². The van der Waals surface area contributed by atoms with Crippen molar-refractivity contribution >= 4 is 16.2 Å². The van der Waals surface area contributed by atoms with Crippen LogP contribution in [0.2, 0.25) is 0 Å². The van der Waals surface area contributed by atoms with Gasteiger partial charge in [-0.15, -0.1) is 0 Å². The fourth-order valence-corrected chi connectivity index (χ4v) is 2.21. The van der Waals surface area contributed by atoms with Gasteiger partial charge in [0.15, 0.2) is 0 Å². The average Bonchev–Trinajstić information content (AvgIpc) is 2.41. The molecule has 0 fully saturated rings. The van der Waals surface area contributed by atoms with Gasteiger partial charge in [-0.2, -0.15) is 12.7 Å². The summed E-state index contributed by atoms with van der Waals surface area (Å²) in [5.74, 6) is -0.439. The SMILES string of the molecule is COCCN(C)CCNS(=O)(=O)N(C)CCC(=O)OC. The highest BCUT2D eigenvalue weighted by Crippen LogP contribution is 1.97. The summed E-state index contributed by atoms with van der Waals surface area (Å²) in [6, 6.07) is 0. The highest BCUT2D eigenvalue weighted by Gasteiger charge is 2.18. The lowest BCUT2D eigenvalue weighted by atomic mass is 10.4. The van der Waals surface area contributed by atoms with Crippen molar-refractivity contribution < 1.29 is 22.7 Å². The Bertz CT molecular complexity index is 374. The molecule has 1 N–H and O–H groups in total. The van der Waals surface area contributed by atoms with E-state index in [1.54, 1.807) is 7.11 Å². The smallest absolute Gasteiger partial charge is 0.306 e. The second-order valence-electron chi connectivity index (χ2n) is 4.34. The third-order valence-electron chi connectivity index (χ3n) is 2.72. The Morgan fingerprint density at radius 1 is 1.15 bits per heavy atom. The van der Waals surface area contributed by atoms with Crippen LogP contribution in [0, 0.1) is 0 Å². The Morgan fingerprint density at radius 3 is 2.35 bits per heavy atom. The van der Waals surface area contributed by atoms with Crippen LogP contribution in [0.5, 0.6) is 0 Å². The van der Waals surface area contributed by atoms with Gasteiger partial charge in [0, 0.05) is 40.3 Å². The number of carbonyl (C=O) groups is 1. The summed E-state index contributed by atoms with van der Waals surface area (Å²) in [4.78, 5) is 12.9. The van der Waals surface area contributed by atoms with Gasteiger partial charge in [0.05, 0.1) is 20.1 Å². The van der Waals surface area contributed by atoms with Crippen LogP contribution in [0.15, 0.2) is 0 Å². The van der Waals surface area contributed by atoms with Crippen LogP contribution in [-0.2, 0) is 24.5 Å². The van der Waals surface area contributed by atoms with E-state index in [1.165, 1.54) is 14.2 Å². The fourth-order valence-electron chi connectivity index (χ4n) is 1.31. The summed E-state index contributed by atoms with van der Waals surface area (Å²) >= 11 is 0. The molecule has 0 saturated heterocycles. The number of ether oxygens (including phenoxy) is 2. The number of nitrogens with one attached hydrogen (secondary N) is 1. The van der Waals surface area contributed by atoms with Crippen LogP contribution < -0.4 is 4.72 Å². The molecular weight excluding hydrogens is 286 g/mol. The van der Waals surface area contributed by atoms with Gasteiger partial charge in [-0.1, -0.05) is 0 Å². The van der Waals surface area contributed by atoms with Crippen LogP contribution in [0.1, 0.15) is 6.42 Å². The molecule has 0 aliphatic carbocycles. The predicted molar refractivity (Wildman–Crippen MR) is 75.6 cm³/mol. The lowest BCUT2D eigenvalue weighted by Gasteiger charge is -2.19. The standard InChI is InChI=1S/C11H25N3O5S/c1-13(9-10-18-3)8-6-12-20(16,17)14(2)7-5-11(15)19-4/h12H,5-10H2,1-4H3. The quantitative estimate of drug-likeness (QED) is 0.487. The van der Waals surface area contributed by atoms with Crippen LogP contribution in [0.3, 0.4) is 0 Å². The molecule has 0 aliphatic rings. The molecule has 0 amide bonds. The van der Waals surface area contributed by atoms with Crippen molar-refractivity contribution in [2.75, 3.05) is 61.1 Å². The summed E-state index contributed by atoms with van der Waals surface area (Å²) in [6.45, 7) is 2.29. The van der Waals surface area contributed by atoms with Gasteiger partial charge in [0.2, 0.25) is 0 Å². The van der Waals surface area contributed by atoms with E-state index in [4.69, 9.17) is 4.74 Å². The molecule has 120 valence electrons. The van der Waals surface area contributed by atoms with Crippen LogP contribution >= 0.6 is 0 Å². The first-order valence-corrected chi connectivity index (χ1v) is 7.72. The number of rotatable bonds is 11. The first-order valence-electron chi connectivity index (χ1n) is 6.28. The van der Waals surface area contributed by atoms with Crippen molar-refractivity contribution in [3.63, 3.8) is 0 Å². The van der Waals surface area contributed by atoms with E-state index < -0.39 is 16.2 Å². The molecule has 0 rings (SSSR count). The molecule has 0 aromatic carbocycles. The largest absolute Gasteiger partial charge is 0.469 e. The summed E-state index contributed by atoms with van der Waals surface area (Å²) < 4.78 is 36.7. The van der Waals surface area contributed by atoms with Gasteiger partial charge < -0.3 is 14.4 Å². The number of nitrogens with zero attached hydrogens (tertiary/aromatic N) is 2. The van der Waals surface area contributed by atoms with Crippen molar-refractivity contribution in [2.45, 2.75) is 6.42 Å². The normalized spacial score (nSPS) is 12.1. The van der Waals surface area contributed by atoms with Crippen LogP contribution in [-0.4, -0.2) is 84.7 Å². The minimum Gasteiger partial charge on any atom is -0.469 e. The number of carbonyl (C=O) groups excluding carboxylic acids is 1. The summed E-state index contributed by atoms with van der Waals surface area (Å²) in [5.41, 5.74) is 0. The molecule has 0 atom stereocenters. The second-order valence-corrected chi connectivity index (χ2v) is 6.21. The van der Waals surface area contributed by atoms with Crippen molar-refractivity contribution in [1.82, 2.24) is 13.9 Å². The summed E-state index contributed by atoms with van der Waals surface area (Å²) in [6.07, 6.45) is 0.0294. The van der Waals surface area contributed by atoms with Gasteiger partial charge in [0.25, 0.3) is 10.2 Å². The lowest BCUT2D eigenvalue weighted by Crippen LogP contribution is -2.42. The molecular formula is C11H25N3O5S. The first-order chi connectivity index (χ1) is 9.33. The summed E-state index contributed by atoms with van der Waals surface area (Å²) in [5, 5.41) is 0. The maximum Gasteiger partial charge on any atom is 0.306 e. The number of hydrogen-bond acceptors (Lipinski definition) is 6. The van der Waals surface area contributed by atoms with E-state index >= 15 is 0 Å². The van der Waals surface area contributed by atoms with Crippen molar-refractivity contribution in [1.29, 1.82) is 0 Å². The molecule has 0 radical (unpaired) electrons. The minimum absolute atomic E-state index is 0.0294. The highest BCUT2D eigenvalue weighted by atomic mass is 32.2. The molecule has 20 heavy (non-hydrogen) atoms. The Hall–Kier alpha value is -0.740. The predicted octanol–water partition coefficient (Wildman–Crippen LogP) is -1.11. The molecule has 0 aromatic heterocycles. The molecule has 8 nitrogen and oxygen atoms in total. The highest BCUT2D eigenvalue weighted by molar-refractivity contribution is 7.87. The van der Waals surface area contributed by atoms with Gasteiger partial charge in [0.1, 0.15) is 0 Å². The minimum atomic E-state index is -3.56. The molecule has 0 heterocycles. The van der Waals surface area contributed by atoms with Crippen molar-refractivity contribution in [3.8, 4) is 0 Å². The Morgan fingerprint density at radius 2 is 1.80 bits per heavy atom. The fraction of sp³-hybridized carbons (Fsp3) is 0.909. The lowest BCUT2D eigenvalue weighted by molar-refractivity contribution is -0.140. The van der Waals surface area contributed by atoms with E-state index in [-0.39, 0.29) is 13.0 Å². The zero-order chi connectivity index (χ0) is 15.6. The average molecular weight is 311 g/mol. The van der Waals surface area contributed by atoms with E-state index in [1.807, 2.05) is 11.9 Å². The Labute approximate surface area is 121 Å². The molecule has 0 saturated carbocycles. The van der Waals surface area contributed by atoms with E-state index in [0.717, 1.165) is 10.8 Å². The zero-order valence-electron chi connectivity index (χ0n) is 12.6. The molecule has 9 heteroatoms. The Balaban J connectivity index is 4.02. The van der Waals surface area contributed by atoms with Gasteiger partial charge in [-0.05, 0) is 7.05 Å². The first kappa shape index (κ1) is 19.3. The molecule has 0 unspecified atom stereocenters.